The van der Waals surface area contributed by atoms with Gasteiger partial charge in [0, 0.05) is 12.2 Å². The van der Waals surface area contributed by atoms with Gasteiger partial charge in [-0.2, -0.15) is 0 Å². The molecular formula is C22H20Br2FNO. The molecule has 2 nitrogen and oxygen atoms in total. The minimum atomic E-state index is -0.248. The highest BCUT2D eigenvalue weighted by atomic mass is 79.9. The Balaban J connectivity index is 1.67. The van der Waals surface area contributed by atoms with E-state index in [1.165, 1.54) is 23.3 Å². The van der Waals surface area contributed by atoms with Crippen molar-refractivity contribution >= 4 is 37.5 Å². The van der Waals surface area contributed by atoms with Gasteiger partial charge in [0.15, 0.2) is 0 Å². The topological polar surface area (TPSA) is 21.3 Å². The summed E-state index contributed by atoms with van der Waals surface area (Å²) in [6.45, 7) is 5.28. The third kappa shape index (κ3) is 5.33. The van der Waals surface area contributed by atoms with Crippen molar-refractivity contribution in [2.75, 3.05) is 5.32 Å². The van der Waals surface area contributed by atoms with Gasteiger partial charge in [0.1, 0.15) is 18.2 Å². The van der Waals surface area contributed by atoms with Gasteiger partial charge in [0.2, 0.25) is 0 Å². The Labute approximate surface area is 176 Å². The minimum absolute atomic E-state index is 0.248. The summed E-state index contributed by atoms with van der Waals surface area (Å²) in [7, 11) is 0. The lowest BCUT2D eigenvalue weighted by Crippen LogP contribution is -2.03. The fourth-order valence-electron chi connectivity index (χ4n) is 2.80. The van der Waals surface area contributed by atoms with Crippen molar-refractivity contribution < 1.29 is 9.13 Å². The lowest BCUT2D eigenvalue weighted by Gasteiger charge is -2.14. The van der Waals surface area contributed by atoms with Crippen LogP contribution in [-0.4, -0.2) is 0 Å². The van der Waals surface area contributed by atoms with Gasteiger partial charge in [-0.05, 0) is 92.7 Å². The maximum Gasteiger partial charge on any atom is 0.148 e. The molecule has 3 aromatic rings. The van der Waals surface area contributed by atoms with Crippen LogP contribution in [0.5, 0.6) is 5.75 Å². The van der Waals surface area contributed by atoms with E-state index in [0.717, 1.165) is 31.5 Å². The first-order valence-corrected chi connectivity index (χ1v) is 10.2. The van der Waals surface area contributed by atoms with Crippen LogP contribution >= 0.6 is 31.9 Å². The third-order valence-corrected chi connectivity index (χ3v) is 5.40. The normalized spacial score (nSPS) is 10.7. The van der Waals surface area contributed by atoms with E-state index in [2.05, 4.69) is 69.2 Å². The fourth-order valence-corrected chi connectivity index (χ4v) is 4.31. The molecule has 3 rings (SSSR count). The van der Waals surface area contributed by atoms with Crippen LogP contribution in [0.25, 0.3) is 0 Å². The van der Waals surface area contributed by atoms with Crippen LogP contribution in [0.15, 0.2) is 63.5 Å². The highest BCUT2D eigenvalue weighted by Gasteiger charge is 2.10. The molecule has 0 radical (unpaired) electrons. The van der Waals surface area contributed by atoms with Crippen molar-refractivity contribution in [3.8, 4) is 5.75 Å². The first-order chi connectivity index (χ1) is 12.9. The number of nitrogens with one attached hydrogen (secondary N) is 1. The Morgan fingerprint density at radius 1 is 0.889 bits per heavy atom. The standard InChI is InChI=1S/C22H20Br2FNO/c1-14-3-8-21(15(2)9-14)26-12-17-10-19(23)22(20(24)11-17)27-13-16-4-6-18(25)7-5-16/h3-11,26H,12-13H2,1-2H3. The molecule has 0 spiro atoms. The van der Waals surface area contributed by atoms with Gasteiger partial charge in [-0.25, -0.2) is 4.39 Å². The van der Waals surface area contributed by atoms with Gasteiger partial charge in [-0.3, -0.25) is 0 Å². The molecule has 5 heteroatoms. The average molecular weight is 493 g/mol. The second kappa shape index (κ2) is 8.89. The number of benzene rings is 3. The number of rotatable bonds is 6. The van der Waals surface area contributed by atoms with Crippen molar-refractivity contribution in [1.29, 1.82) is 0 Å². The molecule has 1 N–H and O–H groups in total. The van der Waals surface area contributed by atoms with Crippen LogP contribution in [0.1, 0.15) is 22.3 Å². The molecule has 0 unspecified atom stereocenters. The molecule has 0 amide bonds. The van der Waals surface area contributed by atoms with E-state index in [4.69, 9.17) is 4.74 Å². The summed E-state index contributed by atoms with van der Waals surface area (Å²) in [6, 6.07) is 16.8. The Hall–Kier alpha value is -1.85. The van der Waals surface area contributed by atoms with Crippen LogP contribution in [0.4, 0.5) is 10.1 Å². The highest BCUT2D eigenvalue weighted by Crippen LogP contribution is 2.35. The van der Waals surface area contributed by atoms with Crippen molar-refractivity contribution in [1.82, 2.24) is 0 Å². The van der Waals surface area contributed by atoms with Crippen LogP contribution in [0.2, 0.25) is 0 Å². The van der Waals surface area contributed by atoms with E-state index < -0.39 is 0 Å². The molecule has 0 bridgehead atoms. The van der Waals surface area contributed by atoms with Gasteiger partial charge < -0.3 is 10.1 Å². The van der Waals surface area contributed by atoms with Gasteiger partial charge >= 0.3 is 0 Å². The second-order valence-electron chi connectivity index (χ2n) is 6.48. The molecule has 3 aromatic carbocycles. The molecule has 0 aliphatic carbocycles. The van der Waals surface area contributed by atoms with E-state index in [1.807, 2.05) is 12.1 Å². The van der Waals surface area contributed by atoms with Gasteiger partial charge in [-0.15, -0.1) is 0 Å². The lowest BCUT2D eigenvalue weighted by atomic mass is 10.1. The molecule has 27 heavy (non-hydrogen) atoms. The van der Waals surface area contributed by atoms with Crippen LogP contribution in [0.3, 0.4) is 0 Å². The van der Waals surface area contributed by atoms with E-state index in [0.29, 0.717) is 13.2 Å². The van der Waals surface area contributed by atoms with E-state index in [9.17, 15) is 4.39 Å². The van der Waals surface area contributed by atoms with Crippen molar-refractivity contribution in [2.24, 2.45) is 0 Å². The third-order valence-electron chi connectivity index (χ3n) is 4.22. The zero-order valence-corrected chi connectivity index (χ0v) is 18.3. The number of ether oxygens (including phenoxy) is 1. The SMILES string of the molecule is Cc1ccc(NCc2cc(Br)c(OCc3ccc(F)cc3)c(Br)c2)c(C)c1. The summed E-state index contributed by atoms with van der Waals surface area (Å²) in [5.41, 5.74) is 5.65. The van der Waals surface area contributed by atoms with Crippen molar-refractivity contribution in [2.45, 2.75) is 27.0 Å². The highest BCUT2D eigenvalue weighted by molar-refractivity contribution is 9.11. The van der Waals surface area contributed by atoms with E-state index >= 15 is 0 Å². The predicted molar refractivity (Wildman–Crippen MR) is 116 cm³/mol. The van der Waals surface area contributed by atoms with Crippen LogP contribution in [0, 0.1) is 19.7 Å². The van der Waals surface area contributed by atoms with E-state index in [1.54, 1.807) is 12.1 Å². The maximum absolute atomic E-state index is 13.0. The minimum Gasteiger partial charge on any atom is -0.487 e. The number of hydrogen-bond donors (Lipinski definition) is 1. The molecular weight excluding hydrogens is 473 g/mol. The molecule has 0 aromatic heterocycles. The number of anilines is 1. The van der Waals surface area contributed by atoms with Crippen LogP contribution in [-0.2, 0) is 13.2 Å². The lowest BCUT2D eigenvalue weighted by molar-refractivity contribution is 0.302. The fraction of sp³-hybridized carbons (Fsp3) is 0.182. The quantitative estimate of drug-likeness (QED) is 0.394. The summed E-state index contributed by atoms with van der Waals surface area (Å²) in [4.78, 5) is 0. The molecule has 140 valence electrons. The van der Waals surface area contributed by atoms with Crippen molar-refractivity contribution in [3.05, 3.63) is 91.6 Å². The van der Waals surface area contributed by atoms with Crippen LogP contribution < -0.4 is 10.1 Å². The maximum atomic E-state index is 13.0. The van der Waals surface area contributed by atoms with Gasteiger partial charge in [0.25, 0.3) is 0 Å². The van der Waals surface area contributed by atoms with Gasteiger partial charge in [-0.1, -0.05) is 29.8 Å². The Kier molecular flexibility index (Phi) is 6.55. The molecule has 0 saturated carbocycles. The zero-order valence-electron chi connectivity index (χ0n) is 15.2. The number of aryl methyl sites for hydroxylation is 2. The number of hydrogen-bond acceptors (Lipinski definition) is 2. The molecule has 0 saturated heterocycles. The molecule has 0 aliphatic rings. The second-order valence-corrected chi connectivity index (χ2v) is 8.18. The summed E-state index contributed by atoms with van der Waals surface area (Å²) in [6.07, 6.45) is 0. The average Bonchev–Trinajstić information content (AvgIpc) is 2.62. The summed E-state index contributed by atoms with van der Waals surface area (Å²) >= 11 is 7.18. The van der Waals surface area contributed by atoms with E-state index in [-0.39, 0.29) is 5.82 Å². The summed E-state index contributed by atoms with van der Waals surface area (Å²) in [5, 5.41) is 3.48. The monoisotopic (exact) mass is 491 g/mol. The Bertz CT molecular complexity index is 919. The Morgan fingerprint density at radius 2 is 1.56 bits per heavy atom. The summed E-state index contributed by atoms with van der Waals surface area (Å²) in [5.74, 6) is 0.483. The van der Waals surface area contributed by atoms with Gasteiger partial charge in [0.05, 0.1) is 8.95 Å². The largest absolute Gasteiger partial charge is 0.487 e. The zero-order chi connectivity index (χ0) is 19.4. The first-order valence-electron chi connectivity index (χ1n) is 8.58. The smallest absolute Gasteiger partial charge is 0.148 e. The summed E-state index contributed by atoms with van der Waals surface area (Å²) < 4.78 is 20.7. The van der Waals surface area contributed by atoms with Crippen molar-refractivity contribution in [3.63, 3.8) is 0 Å². The molecule has 0 fully saturated rings. The Morgan fingerprint density at radius 3 is 2.19 bits per heavy atom. The predicted octanol–water partition coefficient (Wildman–Crippen LogP) is 7.16. The number of halogens is 3. The molecule has 0 atom stereocenters. The molecule has 0 aliphatic heterocycles. The first kappa shape index (κ1) is 19.9. The molecule has 0 heterocycles.